The minimum atomic E-state index is -4.67. The number of carbonyl (C=O) groups is 1. The zero-order valence-electron chi connectivity index (χ0n) is 14.5. The van der Waals surface area contributed by atoms with Crippen molar-refractivity contribution in [3.8, 4) is 5.69 Å². The lowest BCUT2D eigenvalue weighted by Crippen LogP contribution is -2.16. The van der Waals surface area contributed by atoms with Gasteiger partial charge in [0.2, 0.25) is 11.1 Å². The van der Waals surface area contributed by atoms with Crippen LogP contribution in [0.3, 0.4) is 0 Å². The highest BCUT2D eigenvalue weighted by atomic mass is 32.2. The predicted octanol–water partition coefficient (Wildman–Crippen LogP) is 3.97. The lowest BCUT2D eigenvalue weighted by Gasteiger charge is -2.12. The summed E-state index contributed by atoms with van der Waals surface area (Å²) in [7, 11) is 0. The second-order valence-electron chi connectivity index (χ2n) is 5.54. The number of halogens is 3. The Bertz CT molecular complexity index is 1000. The number of thioether (sulfide) groups is 1. The Balaban J connectivity index is 1.86. The number of allylic oxidation sites excluding steroid dienone is 1. The first-order valence-electron chi connectivity index (χ1n) is 7.96. The van der Waals surface area contributed by atoms with Crippen LogP contribution in [0.2, 0.25) is 0 Å². The monoisotopic (exact) mass is 405 g/mol. The summed E-state index contributed by atoms with van der Waals surface area (Å²) in [6.07, 6.45) is -2.31. The maximum Gasteiger partial charge on any atom is 0.417 e. The van der Waals surface area contributed by atoms with Crippen LogP contribution in [0.15, 0.2) is 65.8 Å². The van der Waals surface area contributed by atoms with E-state index >= 15 is 0 Å². The van der Waals surface area contributed by atoms with Crippen molar-refractivity contribution in [1.82, 2.24) is 20.2 Å². The van der Waals surface area contributed by atoms with E-state index in [0.717, 1.165) is 0 Å². The molecule has 3 aromatic rings. The summed E-state index contributed by atoms with van der Waals surface area (Å²) in [4.78, 5) is 12.2. The Morgan fingerprint density at radius 1 is 1.14 bits per heavy atom. The minimum absolute atomic E-state index is 0.0859. The normalized spacial score (nSPS) is 12.1. The smallest absolute Gasteiger partial charge is 0.322 e. The molecule has 1 amide bonds. The summed E-state index contributed by atoms with van der Waals surface area (Å²) < 4.78 is 41.5. The van der Waals surface area contributed by atoms with Gasteiger partial charge in [-0.1, -0.05) is 48.2 Å². The molecular formula is C18H14F3N5OS. The standard InChI is InChI=1S/C18H14F3N5OS/c1-28-17-23-24-25-26(17)14-9-5-8-13(10-14)22-16(27)11-15(18(19,20)21)12-6-3-2-4-7-12/h2-11H,1H3,(H,22,27)/b15-11-. The third-order valence-corrected chi connectivity index (χ3v) is 4.27. The van der Waals surface area contributed by atoms with Crippen molar-refractivity contribution in [1.29, 1.82) is 0 Å². The topological polar surface area (TPSA) is 72.7 Å². The highest BCUT2D eigenvalue weighted by molar-refractivity contribution is 7.98. The van der Waals surface area contributed by atoms with Gasteiger partial charge in [0.1, 0.15) is 0 Å². The van der Waals surface area contributed by atoms with Crippen LogP contribution in [0.5, 0.6) is 0 Å². The average Bonchev–Trinajstić information content (AvgIpc) is 3.15. The molecule has 0 aliphatic rings. The average molecular weight is 405 g/mol. The van der Waals surface area contributed by atoms with E-state index in [9.17, 15) is 18.0 Å². The Hall–Kier alpha value is -3.14. The van der Waals surface area contributed by atoms with Gasteiger partial charge in [-0.2, -0.15) is 17.9 Å². The largest absolute Gasteiger partial charge is 0.417 e. The summed E-state index contributed by atoms with van der Waals surface area (Å²) >= 11 is 1.33. The van der Waals surface area contributed by atoms with Crippen LogP contribution >= 0.6 is 11.8 Å². The maximum atomic E-state index is 13.4. The summed E-state index contributed by atoms with van der Waals surface area (Å²) in [6, 6.07) is 13.6. The van der Waals surface area contributed by atoms with Gasteiger partial charge in [-0.05, 0) is 40.4 Å². The van der Waals surface area contributed by atoms with E-state index in [1.165, 1.54) is 40.7 Å². The number of tetrazole rings is 1. The van der Waals surface area contributed by atoms with Crippen molar-refractivity contribution in [3.63, 3.8) is 0 Å². The second-order valence-corrected chi connectivity index (χ2v) is 6.31. The molecule has 0 aliphatic heterocycles. The van der Waals surface area contributed by atoms with Gasteiger partial charge in [-0.25, -0.2) is 0 Å². The molecule has 28 heavy (non-hydrogen) atoms. The number of amides is 1. The molecule has 0 saturated carbocycles. The van der Waals surface area contributed by atoms with Crippen LogP contribution < -0.4 is 5.32 Å². The number of carbonyl (C=O) groups excluding carboxylic acids is 1. The molecule has 0 unspecified atom stereocenters. The number of nitrogens with zero attached hydrogens (tertiary/aromatic N) is 4. The van der Waals surface area contributed by atoms with Crippen molar-refractivity contribution < 1.29 is 18.0 Å². The van der Waals surface area contributed by atoms with Crippen LogP contribution in [-0.2, 0) is 4.79 Å². The highest BCUT2D eigenvalue weighted by Gasteiger charge is 2.35. The summed E-state index contributed by atoms with van der Waals surface area (Å²) in [6.45, 7) is 0. The van der Waals surface area contributed by atoms with Gasteiger partial charge in [0.15, 0.2) is 0 Å². The molecule has 0 radical (unpaired) electrons. The van der Waals surface area contributed by atoms with Gasteiger partial charge >= 0.3 is 6.18 Å². The zero-order valence-corrected chi connectivity index (χ0v) is 15.3. The number of rotatable bonds is 5. The number of anilines is 1. The van der Waals surface area contributed by atoms with Crippen molar-refractivity contribution in [3.05, 3.63) is 66.2 Å². The van der Waals surface area contributed by atoms with Crippen LogP contribution in [-0.4, -0.2) is 38.5 Å². The Morgan fingerprint density at radius 2 is 1.89 bits per heavy atom. The van der Waals surface area contributed by atoms with Gasteiger partial charge in [0.05, 0.1) is 11.3 Å². The fraction of sp³-hybridized carbons (Fsp3) is 0.111. The van der Waals surface area contributed by atoms with Crippen molar-refractivity contribution in [2.45, 2.75) is 11.3 Å². The summed E-state index contributed by atoms with van der Waals surface area (Å²) in [5.74, 6) is -0.893. The van der Waals surface area contributed by atoms with Crippen LogP contribution in [0.1, 0.15) is 5.56 Å². The fourth-order valence-corrected chi connectivity index (χ4v) is 2.87. The molecule has 0 saturated heterocycles. The first-order valence-corrected chi connectivity index (χ1v) is 9.19. The van der Waals surface area contributed by atoms with Crippen molar-refractivity contribution in [2.24, 2.45) is 0 Å². The maximum absolute atomic E-state index is 13.4. The van der Waals surface area contributed by atoms with Gasteiger partial charge in [0.25, 0.3) is 0 Å². The molecular weight excluding hydrogens is 391 g/mol. The quantitative estimate of drug-likeness (QED) is 0.514. The van der Waals surface area contributed by atoms with E-state index in [1.807, 2.05) is 0 Å². The van der Waals surface area contributed by atoms with Crippen LogP contribution in [0.4, 0.5) is 18.9 Å². The van der Waals surface area contributed by atoms with Gasteiger partial charge < -0.3 is 5.32 Å². The Kier molecular flexibility index (Phi) is 5.78. The molecule has 0 aliphatic carbocycles. The third-order valence-electron chi connectivity index (χ3n) is 3.65. The van der Waals surface area contributed by atoms with E-state index in [2.05, 4.69) is 20.8 Å². The molecule has 1 heterocycles. The van der Waals surface area contributed by atoms with Gasteiger partial charge in [-0.3, -0.25) is 4.79 Å². The van der Waals surface area contributed by atoms with E-state index in [1.54, 1.807) is 36.6 Å². The molecule has 1 N–H and O–H groups in total. The van der Waals surface area contributed by atoms with Gasteiger partial charge in [0, 0.05) is 11.8 Å². The molecule has 0 spiro atoms. The molecule has 0 atom stereocenters. The number of aromatic nitrogens is 4. The number of hydrogen-bond acceptors (Lipinski definition) is 5. The minimum Gasteiger partial charge on any atom is -0.322 e. The number of alkyl halides is 3. The molecule has 10 heteroatoms. The van der Waals surface area contributed by atoms with Gasteiger partial charge in [-0.15, -0.1) is 5.10 Å². The molecule has 6 nitrogen and oxygen atoms in total. The van der Waals surface area contributed by atoms with E-state index in [0.29, 0.717) is 22.6 Å². The van der Waals surface area contributed by atoms with Crippen LogP contribution in [0.25, 0.3) is 11.3 Å². The predicted molar refractivity (Wildman–Crippen MR) is 100 cm³/mol. The number of nitrogens with one attached hydrogen (secondary N) is 1. The highest BCUT2D eigenvalue weighted by Crippen LogP contribution is 2.33. The molecule has 1 aromatic heterocycles. The Morgan fingerprint density at radius 3 is 2.57 bits per heavy atom. The van der Waals surface area contributed by atoms with Crippen molar-refractivity contribution >= 4 is 28.9 Å². The Labute approximate surface area is 162 Å². The third kappa shape index (κ3) is 4.58. The number of benzene rings is 2. The molecule has 144 valence electrons. The van der Waals surface area contributed by atoms with Crippen molar-refractivity contribution in [2.75, 3.05) is 11.6 Å². The lowest BCUT2D eigenvalue weighted by atomic mass is 10.1. The molecule has 2 aromatic carbocycles. The summed E-state index contributed by atoms with van der Waals surface area (Å²) in [5.41, 5.74) is -0.227. The zero-order chi connectivity index (χ0) is 20.1. The van der Waals surface area contributed by atoms with E-state index < -0.39 is 17.7 Å². The molecule has 3 rings (SSSR count). The van der Waals surface area contributed by atoms with Crippen LogP contribution in [0, 0.1) is 0 Å². The molecule has 0 fully saturated rings. The van der Waals surface area contributed by atoms with E-state index in [-0.39, 0.29) is 5.56 Å². The SMILES string of the molecule is CSc1nnnn1-c1cccc(NC(=O)/C=C(/c2ccccc2)C(F)(F)F)c1. The summed E-state index contributed by atoms with van der Waals surface area (Å²) in [5, 5.41) is 14.3. The lowest BCUT2D eigenvalue weighted by molar-refractivity contribution is -0.112. The fourth-order valence-electron chi connectivity index (χ4n) is 2.44. The molecule has 0 bridgehead atoms. The van der Waals surface area contributed by atoms with E-state index in [4.69, 9.17) is 0 Å². The first-order chi connectivity index (χ1) is 13.4. The number of hydrogen-bond donors (Lipinski definition) is 1. The first kappa shape index (κ1) is 19.6. The second kappa shape index (κ2) is 8.26.